The molecule has 2 N–H and O–H groups in total. The van der Waals surface area contributed by atoms with Crippen LogP contribution in [0.1, 0.15) is 30.7 Å². The van der Waals surface area contributed by atoms with E-state index in [4.69, 9.17) is 0 Å². The lowest BCUT2D eigenvalue weighted by Crippen LogP contribution is -2.48. The minimum absolute atomic E-state index is 0.0494. The highest BCUT2D eigenvalue weighted by atomic mass is 16.2. The number of nitrogens with zero attached hydrogens (tertiary/aromatic N) is 1. The second-order valence-corrected chi connectivity index (χ2v) is 5.75. The zero-order valence-corrected chi connectivity index (χ0v) is 11.4. The fourth-order valence-electron chi connectivity index (χ4n) is 3.39. The van der Waals surface area contributed by atoms with Crippen molar-refractivity contribution >= 4 is 5.91 Å². The number of nitrogens with one attached hydrogen (secondary N) is 2. The van der Waals surface area contributed by atoms with Gasteiger partial charge in [-0.25, -0.2) is 0 Å². The highest BCUT2D eigenvalue weighted by Crippen LogP contribution is 2.35. The first-order valence-electron chi connectivity index (χ1n) is 7.26. The predicted molar refractivity (Wildman–Crippen MR) is 75.9 cm³/mol. The van der Waals surface area contributed by atoms with E-state index in [2.05, 4.69) is 16.7 Å². The Morgan fingerprint density at radius 3 is 2.80 bits per heavy atom. The van der Waals surface area contributed by atoms with Crippen molar-refractivity contribution in [1.82, 2.24) is 10.6 Å². The summed E-state index contributed by atoms with van der Waals surface area (Å²) in [5, 5.41) is 15.6. The van der Waals surface area contributed by atoms with Crippen molar-refractivity contribution in [3.8, 4) is 6.07 Å². The fraction of sp³-hybridized carbons (Fsp3) is 0.500. The molecule has 20 heavy (non-hydrogen) atoms. The number of amides is 1. The van der Waals surface area contributed by atoms with Crippen molar-refractivity contribution in [2.24, 2.45) is 5.92 Å². The Labute approximate surface area is 119 Å². The van der Waals surface area contributed by atoms with Gasteiger partial charge in [0, 0.05) is 12.6 Å². The Balaban J connectivity index is 1.56. The third-order valence-electron chi connectivity index (χ3n) is 4.48. The highest BCUT2D eigenvalue weighted by molar-refractivity contribution is 5.82. The zero-order valence-electron chi connectivity index (χ0n) is 11.4. The summed E-state index contributed by atoms with van der Waals surface area (Å²) in [6.07, 6.45) is 3.47. The van der Waals surface area contributed by atoms with Crippen molar-refractivity contribution in [1.29, 1.82) is 5.26 Å². The minimum atomic E-state index is -0.279. The molecular formula is C16H19N3O. The van der Waals surface area contributed by atoms with E-state index in [0.29, 0.717) is 18.5 Å². The third-order valence-corrected chi connectivity index (χ3v) is 4.48. The smallest absolute Gasteiger partial charge is 0.237 e. The molecule has 3 rings (SSSR count). The molecule has 4 heteroatoms. The molecule has 0 radical (unpaired) electrons. The van der Waals surface area contributed by atoms with Crippen LogP contribution in [0.25, 0.3) is 0 Å². The van der Waals surface area contributed by atoms with Gasteiger partial charge in [0.05, 0.1) is 18.0 Å². The lowest BCUT2D eigenvalue weighted by Gasteiger charge is -2.22. The summed E-state index contributed by atoms with van der Waals surface area (Å²) >= 11 is 0. The standard InChI is InChI=1S/C16H19N3O/c17-9-13(11-4-2-1-3-5-11)10-18-16(20)15-12-6-7-14(8-12)19-15/h1-5,12-15,19H,6-8,10H2,(H,18,20). The molecule has 4 atom stereocenters. The largest absolute Gasteiger partial charge is 0.353 e. The van der Waals surface area contributed by atoms with Crippen LogP contribution in [-0.2, 0) is 4.79 Å². The van der Waals surface area contributed by atoms with Crippen molar-refractivity contribution in [2.45, 2.75) is 37.3 Å². The lowest BCUT2D eigenvalue weighted by atomic mass is 9.98. The fourth-order valence-corrected chi connectivity index (χ4v) is 3.39. The summed E-state index contributed by atoms with van der Waals surface area (Å²) in [4.78, 5) is 12.2. The highest BCUT2D eigenvalue weighted by Gasteiger charge is 2.42. The van der Waals surface area contributed by atoms with Crippen LogP contribution in [0.4, 0.5) is 0 Å². The molecule has 2 fully saturated rings. The van der Waals surface area contributed by atoms with Crippen LogP contribution < -0.4 is 10.6 Å². The van der Waals surface area contributed by atoms with Crippen LogP contribution in [0.2, 0.25) is 0 Å². The molecule has 104 valence electrons. The number of carbonyl (C=O) groups is 1. The molecule has 1 amide bonds. The summed E-state index contributed by atoms with van der Waals surface area (Å²) < 4.78 is 0. The number of benzene rings is 1. The predicted octanol–water partition coefficient (Wildman–Crippen LogP) is 1.55. The number of rotatable bonds is 4. The second-order valence-electron chi connectivity index (χ2n) is 5.75. The Bertz CT molecular complexity index is 522. The van der Waals surface area contributed by atoms with Crippen molar-refractivity contribution in [3.63, 3.8) is 0 Å². The SMILES string of the molecule is N#CC(CNC(=O)C1NC2CCC1C2)c1ccccc1. The van der Waals surface area contributed by atoms with E-state index < -0.39 is 0 Å². The van der Waals surface area contributed by atoms with Crippen LogP contribution in [-0.4, -0.2) is 24.5 Å². The number of carbonyl (C=O) groups excluding carboxylic acids is 1. The first kappa shape index (κ1) is 13.1. The van der Waals surface area contributed by atoms with Gasteiger partial charge < -0.3 is 10.6 Å². The Hall–Kier alpha value is -1.86. The third kappa shape index (κ3) is 2.54. The Morgan fingerprint density at radius 1 is 1.40 bits per heavy atom. The molecule has 0 aromatic heterocycles. The lowest BCUT2D eigenvalue weighted by molar-refractivity contribution is -0.124. The Morgan fingerprint density at radius 2 is 2.20 bits per heavy atom. The van der Waals surface area contributed by atoms with Crippen LogP contribution in [0.15, 0.2) is 30.3 Å². The summed E-state index contributed by atoms with van der Waals surface area (Å²) in [6.45, 7) is 0.384. The molecule has 1 aromatic rings. The van der Waals surface area contributed by atoms with E-state index in [1.54, 1.807) is 0 Å². The van der Waals surface area contributed by atoms with Gasteiger partial charge in [-0.3, -0.25) is 4.79 Å². The number of piperidine rings is 1. The molecule has 1 aliphatic carbocycles. The molecule has 2 aliphatic rings. The molecule has 1 saturated carbocycles. The maximum Gasteiger partial charge on any atom is 0.237 e. The van der Waals surface area contributed by atoms with Gasteiger partial charge in [-0.1, -0.05) is 30.3 Å². The van der Waals surface area contributed by atoms with Crippen molar-refractivity contribution < 1.29 is 4.79 Å². The van der Waals surface area contributed by atoms with Crippen LogP contribution in [0.5, 0.6) is 0 Å². The molecule has 2 bridgehead atoms. The van der Waals surface area contributed by atoms with Gasteiger partial charge in [-0.15, -0.1) is 0 Å². The number of hydrogen-bond donors (Lipinski definition) is 2. The van der Waals surface area contributed by atoms with E-state index in [1.807, 2.05) is 30.3 Å². The minimum Gasteiger partial charge on any atom is -0.353 e. The summed E-state index contributed by atoms with van der Waals surface area (Å²) in [5.74, 6) is 0.254. The van der Waals surface area contributed by atoms with Gasteiger partial charge in [0.1, 0.15) is 0 Å². The molecule has 1 saturated heterocycles. The normalized spacial score (nSPS) is 28.9. The topological polar surface area (TPSA) is 64.9 Å². The summed E-state index contributed by atoms with van der Waals surface area (Å²) in [5.41, 5.74) is 0.955. The second kappa shape index (κ2) is 5.64. The molecule has 1 heterocycles. The van der Waals surface area contributed by atoms with Gasteiger partial charge in [0.2, 0.25) is 5.91 Å². The molecule has 4 nitrogen and oxygen atoms in total. The molecule has 4 unspecified atom stereocenters. The molecule has 0 spiro atoms. The molecule has 1 aliphatic heterocycles. The van der Waals surface area contributed by atoms with E-state index in [-0.39, 0.29) is 17.9 Å². The number of fused-ring (bicyclic) bond motifs is 2. The average Bonchev–Trinajstić information content (AvgIpc) is 3.11. The van der Waals surface area contributed by atoms with Gasteiger partial charge in [-0.05, 0) is 30.7 Å². The summed E-state index contributed by atoms with van der Waals surface area (Å²) in [6, 6.07) is 12.3. The van der Waals surface area contributed by atoms with Gasteiger partial charge in [-0.2, -0.15) is 5.26 Å². The maximum atomic E-state index is 12.2. The van der Waals surface area contributed by atoms with E-state index in [1.165, 1.54) is 6.42 Å². The first-order chi connectivity index (χ1) is 9.78. The number of nitriles is 1. The van der Waals surface area contributed by atoms with E-state index >= 15 is 0 Å². The van der Waals surface area contributed by atoms with Gasteiger partial charge >= 0.3 is 0 Å². The van der Waals surface area contributed by atoms with Crippen molar-refractivity contribution in [2.75, 3.05) is 6.54 Å². The number of hydrogen-bond acceptors (Lipinski definition) is 3. The van der Waals surface area contributed by atoms with Crippen LogP contribution >= 0.6 is 0 Å². The molecule has 1 aromatic carbocycles. The monoisotopic (exact) mass is 269 g/mol. The first-order valence-corrected chi connectivity index (χ1v) is 7.26. The quantitative estimate of drug-likeness (QED) is 0.871. The van der Waals surface area contributed by atoms with E-state index in [9.17, 15) is 10.1 Å². The van der Waals surface area contributed by atoms with E-state index in [0.717, 1.165) is 18.4 Å². The Kier molecular flexibility index (Phi) is 3.70. The molecular weight excluding hydrogens is 250 g/mol. The van der Waals surface area contributed by atoms with Crippen LogP contribution in [0.3, 0.4) is 0 Å². The van der Waals surface area contributed by atoms with Crippen LogP contribution in [0, 0.1) is 17.2 Å². The van der Waals surface area contributed by atoms with Gasteiger partial charge in [0.15, 0.2) is 0 Å². The maximum absolute atomic E-state index is 12.2. The zero-order chi connectivity index (χ0) is 13.9. The summed E-state index contributed by atoms with van der Waals surface area (Å²) in [7, 11) is 0. The van der Waals surface area contributed by atoms with Crippen molar-refractivity contribution in [3.05, 3.63) is 35.9 Å². The average molecular weight is 269 g/mol. The van der Waals surface area contributed by atoms with Gasteiger partial charge in [0.25, 0.3) is 0 Å².